The first-order valence-corrected chi connectivity index (χ1v) is 17.2. The van der Waals surface area contributed by atoms with Crippen molar-refractivity contribution in [1.29, 1.82) is 0 Å². The van der Waals surface area contributed by atoms with E-state index in [0.29, 0.717) is 6.42 Å². The zero-order valence-electron chi connectivity index (χ0n) is 17.1. The van der Waals surface area contributed by atoms with Crippen LogP contribution in [0, 0.1) is 0 Å². The quantitative estimate of drug-likeness (QED) is 0.345. The summed E-state index contributed by atoms with van der Waals surface area (Å²) in [6.07, 6.45) is -1.20. The molecule has 0 radical (unpaired) electrons. The summed E-state index contributed by atoms with van der Waals surface area (Å²) in [6.45, 7) is 14.5. The summed E-state index contributed by atoms with van der Waals surface area (Å²) in [5.41, 5.74) is -0.641. The molecule has 0 aliphatic carbocycles. The molecule has 0 rings (SSSR count). The van der Waals surface area contributed by atoms with Crippen molar-refractivity contribution >= 4 is 37.7 Å². The maximum atomic E-state index is 12.7. The zero-order valence-corrected chi connectivity index (χ0v) is 20.3. The number of Topliss-reactive ketones (excluding diaryl/α,β-unsaturated/α-hetero) is 1. The molecule has 0 heterocycles. The molecule has 0 saturated carbocycles. The normalized spacial score (nSPS) is 16.3. The summed E-state index contributed by atoms with van der Waals surface area (Å²) < 4.78 is 12.6. The van der Waals surface area contributed by atoms with E-state index < -0.39 is 55.9 Å². The van der Waals surface area contributed by atoms with Gasteiger partial charge < -0.3 is 23.5 Å². The Balaban J connectivity index is 6.28. The Bertz CT molecular complexity index is 519. The number of carboxylic acid groups (broad SMARTS) is 1. The van der Waals surface area contributed by atoms with Gasteiger partial charge in [-0.2, -0.15) is 0 Å². The highest BCUT2D eigenvalue weighted by molar-refractivity contribution is 6.81. The van der Waals surface area contributed by atoms with E-state index in [-0.39, 0.29) is 11.1 Å². The van der Waals surface area contributed by atoms with Gasteiger partial charge >= 0.3 is 15.3 Å². The lowest BCUT2D eigenvalue weighted by atomic mass is 9.96. The summed E-state index contributed by atoms with van der Waals surface area (Å²) in [7, 11) is -6.50. The first kappa shape index (κ1) is 25.4. The number of ketones is 1. The van der Waals surface area contributed by atoms with E-state index in [1.54, 1.807) is 0 Å². The maximum absolute atomic E-state index is 12.7. The standard InChI is InChI=1S/C16H34O7Si3/c1-9-13(24(22-25(3,4)5)23-26(6,7)8)14(11(2)16(20)21)15(19)12(18)10-17/h12-13,17-18,24H,9-10H2,1-8H3,(H,20,21)/b14-11-. The van der Waals surface area contributed by atoms with Crippen LogP contribution in [-0.2, 0) is 17.8 Å². The lowest BCUT2D eigenvalue weighted by molar-refractivity contribution is -0.133. The van der Waals surface area contributed by atoms with Crippen LogP contribution in [0.15, 0.2) is 11.1 Å². The molecule has 0 aliphatic rings. The van der Waals surface area contributed by atoms with Crippen LogP contribution in [0.2, 0.25) is 44.8 Å². The van der Waals surface area contributed by atoms with Crippen LogP contribution in [-0.4, -0.2) is 65.7 Å². The molecular weight excluding hydrogens is 388 g/mol. The van der Waals surface area contributed by atoms with Gasteiger partial charge in [0.25, 0.3) is 0 Å². The molecule has 2 atom stereocenters. The second-order valence-electron chi connectivity index (χ2n) is 8.25. The molecule has 152 valence electrons. The number of carbonyl (C=O) groups excluding carboxylic acids is 1. The largest absolute Gasteiger partial charge is 0.478 e. The van der Waals surface area contributed by atoms with Gasteiger partial charge in [0.2, 0.25) is 0 Å². The number of rotatable bonds is 11. The number of aliphatic carboxylic acids is 1. The molecule has 26 heavy (non-hydrogen) atoms. The lowest BCUT2D eigenvalue weighted by Gasteiger charge is -2.36. The van der Waals surface area contributed by atoms with E-state index in [9.17, 15) is 19.8 Å². The summed E-state index contributed by atoms with van der Waals surface area (Å²) in [5.74, 6) is -2.00. The van der Waals surface area contributed by atoms with Crippen LogP contribution in [0.5, 0.6) is 0 Å². The number of carboxylic acids is 1. The summed E-state index contributed by atoms with van der Waals surface area (Å²) in [5, 5.41) is 28.4. The van der Waals surface area contributed by atoms with Crippen LogP contribution in [0.25, 0.3) is 0 Å². The molecule has 2 unspecified atom stereocenters. The molecule has 0 aliphatic heterocycles. The second kappa shape index (κ2) is 10.1. The summed E-state index contributed by atoms with van der Waals surface area (Å²) in [6, 6.07) is 0. The molecule has 7 nitrogen and oxygen atoms in total. The Morgan fingerprint density at radius 1 is 1.04 bits per heavy atom. The Kier molecular flexibility index (Phi) is 9.82. The van der Waals surface area contributed by atoms with Crippen molar-refractivity contribution in [3.63, 3.8) is 0 Å². The molecule has 0 aromatic heterocycles. The van der Waals surface area contributed by atoms with Gasteiger partial charge in [-0.05, 0) is 52.6 Å². The lowest BCUT2D eigenvalue weighted by Crippen LogP contribution is -2.47. The van der Waals surface area contributed by atoms with Crippen molar-refractivity contribution in [2.75, 3.05) is 6.61 Å². The van der Waals surface area contributed by atoms with Crippen LogP contribution < -0.4 is 0 Å². The number of hydrogen-bond donors (Lipinski definition) is 3. The number of aliphatic hydroxyl groups excluding tert-OH is 2. The topological polar surface area (TPSA) is 113 Å². The molecule has 0 saturated heterocycles. The Morgan fingerprint density at radius 2 is 1.46 bits per heavy atom. The average Bonchev–Trinajstić information content (AvgIpc) is 2.46. The molecule has 10 heteroatoms. The maximum Gasteiger partial charge on any atom is 0.331 e. The Morgan fingerprint density at radius 3 is 1.73 bits per heavy atom. The van der Waals surface area contributed by atoms with E-state index in [4.69, 9.17) is 13.3 Å². The van der Waals surface area contributed by atoms with E-state index in [0.717, 1.165) is 0 Å². The number of hydrogen-bond acceptors (Lipinski definition) is 6. The average molecular weight is 423 g/mol. The van der Waals surface area contributed by atoms with Gasteiger partial charge in [-0.3, -0.25) is 4.79 Å². The van der Waals surface area contributed by atoms with Gasteiger partial charge in [0.1, 0.15) is 6.10 Å². The molecule has 0 amide bonds. The number of aliphatic hydroxyl groups is 2. The third-order valence-corrected chi connectivity index (χ3v) is 12.5. The van der Waals surface area contributed by atoms with Gasteiger partial charge in [-0.25, -0.2) is 4.79 Å². The van der Waals surface area contributed by atoms with Crippen LogP contribution in [0.4, 0.5) is 0 Å². The molecule has 0 spiro atoms. The summed E-state index contributed by atoms with van der Waals surface area (Å²) >= 11 is 0. The molecule has 0 aromatic rings. The molecular formula is C16H34O7Si3. The minimum atomic E-state index is -2.47. The first-order chi connectivity index (χ1) is 11.6. The smallest absolute Gasteiger partial charge is 0.331 e. The highest BCUT2D eigenvalue weighted by Crippen LogP contribution is 2.33. The van der Waals surface area contributed by atoms with Gasteiger partial charge in [-0.1, -0.05) is 6.92 Å². The Hall–Kier alpha value is -0.629. The third-order valence-electron chi connectivity index (χ3n) is 3.54. The van der Waals surface area contributed by atoms with Gasteiger partial charge in [0.15, 0.2) is 22.4 Å². The minimum absolute atomic E-state index is 0.00900. The fourth-order valence-corrected chi connectivity index (χ4v) is 11.0. The van der Waals surface area contributed by atoms with Crippen LogP contribution in [0.3, 0.4) is 0 Å². The Labute approximate surface area is 160 Å². The van der Waals surface area contributed by atoms with Crippen LogP contribution >= 0.6 is 0 Å². The second-order valence-corrected chi connectivity index (χ2v) is 20.1. The van der Waals surface area contributed by atoms with Crippen molar-refractivity contribution in [1.82, 2.24) is 0 Å². The van der Waals surface area contributed by atoms with E-state index in [1.807, 2.05) is 46.2 Å². The minimum Gasteiger partial charge on any atom is -0.478 e. The molecule has 0 aromatic carbocycles. The van der Waals surface area contributed by atoms with E-state index >= 15 is 0 Å². The van der Waals surface area contributed by atoms with Crippen LogP contribution in [0.1, 0.15) is 20.3 Å². The van der Waals surface area contributed by atoms with Crippen molar-refractivity contribution in [2.45, 2.75) is 71.2 Å². The highest BCUT2D eigenvalue weighted by atomic mass is 28.4. The first-order valence-electron chi connectivity index (χ1n) is 8.77. The SMILES string of the molecule is CCC(/C(C(=O)C(O)CO)=C(\C)C(=O)O)[SiH](O[Si](C)(C)C)O[Si](C)(C)C. The highest BCUT2D eigenvalue weighted by Gasteiger charge is 2.40. The van der Waals surface area contributed by atoms with Gasteiger partial charge in [0.05, 0.1) is 6.61 Å². The predicted octanol–water partition coefficient (Wildman–Crippen LogP) is 2.01. The monoisotopic (exact) mass is 422 g/mol. The van der Waals surface area contributed by atoms with Crippen molar-refractivity contribution in [3.05, 3.63) is 11.1 Å². The fourth-order valence-electron chi connectivity index (χ4n) is 2.44. The fraction of sp³-hybridized carbons (Fsp3) is 0.750. The van der Waals surface area contributed by atoms with Crippen molar-refractivity contribution in [3.8, 4) is 0 Å². The number of carbonyl (C=O) groups is 2. The molecule has 0 bridgehead atoms. The van der Waals surface area contributed by atoms with Gasteiger partial charge in [-0.15, -0.1) is 0 Å². The van der Waals surface area contributed by atoms with Crippen molar-refractivity contribution in [2.24, 2.45) is 0 Å². The van der Waals surface area contributed by atoms with Crippen molar-refractivity contribution < 1.29 is 33.1 Å². The third kappa shape index (κ3) is 8.37. The van der Waals surface area contributed by atoms with E-state index in [2.05, 4.69) is 0 Å². The van der Waals surface area contributed by atoms with Gasteiger partial charge in [0, 0.05) is 16.7 Å². The zero-order chi connectivity index (χ0) is 20.9. The predicted molar refractivity (Wildman–Crippen MR) is 108 cm³/mol. The summed E-state index contributed by atoms with van der Waals surface area (Å²) in [4.78, 5) is 24.2. The molecule has 3 N–H and O–H groups in total. The molecule has 0 fully saturated rings. The van der Waals surface area contributed by atoms with E-state index in [1.165, 1.54) is 6.92 Å².